The number of benzene rings is 1. The van der Waals surface area contributed by atoms with Crippen LogP contribution in [0.4, 0.5) is 8.78 Å². The zero-order valence-corrected chi connectivity index (χ0v) is 11.4. The molecule has 1 aliphatic carbocycles. The fourth-order valence-corrected chi connectivity index (χ4v) is 3.22. The normalized spacial score (nSPS) is 19.9. The Bertz CT molecular complexity index is 450. The molecule has 0 atom stereocenters. The summed E-state index contributed by atoms with van der Waals surface area (Å²) < 4.78 is 29.4. The van der Waals surface area contributed by atoms with Crippen LogP contribution >= 0.6 is 0 Å². The van der Waals surface area contributed by atoms with Gasteiger partial charge in [0.15, 0.2) is 0 Å². The summed E-state index contributed by atoms with van der Waals surface area (Å²) in [6, 6.07) is 5.74. The van der Waals surface area contributed by atoms with Gasteiger partial charge in [0, 0.05) is 0 Å². The fourth-order valence-electron chi connectivity index (χ4n) is 3.22. The first-order valence-corrected chi connectivity index (χ1v) is 6.28. The van der Waals surface area contributed by atoms with E-state index in [4.69, 9.17) is 4.74 Å². The minimum Gasteiger partial charge on any atom is -0.488 e. The van der Waals surface area contributed by atoms with Crippen LogP contribution in [0, 0.1) is 0 Å². The largest absolute Gasteiger partial charge is 0.488 e. The van der Waals surface area contributed by atoms with E-state index in [9.17, 15) is 8.78 Å². The van der Waals surface area contributed by atoms with E-state index in [0.717, 1.165) is 6.42 Å². The molecule has 0 N–H and O–H groups in total. The van der Waals surface area contributed by atoms with Crippen LogP contribution < -0.4 is 4.74 Å². The molecular formula is C15H20F2O. The summed E-state index contributed by atoms with van der Waals surface area (Å²) in [6.45, 7) is 8.29. The van der Waals surface area contributed by atoms with Gasteiger partial charge in [-0.25, -0.2) is 8.78 Å². The van der Waals surface area contributed by atoms with Crippen molar-refractivity contribution in [3.8, 4) is 5.75 Å². The summed E-state index contributed by atoms with van der Waals surface area (Å²) >= 11 is 0. The summed E-state index contributed by atoms with van der Waals surface area (Å²) in [6.07, 6.45) is -1.36. The minimum absolute atomic E-state index is 0.0725. The Morgan fingerprint density at radius 1 is 1.11 bits per heavy atom. The quantitative estimate of drug-likeness (QED) is 0.782. The Balaban J connectivity index is 2.32. The van der Waals surface area contributed by atoms with E-state index in [2.05, 4.69) is 27.7 Å². The Morgan fingerprint density at radius 3 is 2.33 bits per heavy atom. The van der Waals surface area contributed by atoms with Crippen molar-refractivity contribution in [1.29, 1.82) is 0 Å². The fraction of sp³-hybridized carbons (Fsp3) is 0.600. The molecule has 1 aliphatic rings. The zero-order chi connectivity index (χ0) is 13.6. The second kappa shape index (κ2) is 4.22. The van der Waals surface area contributed by atoms with E-state index in [0.29, 0.717) is 5.75 Å². The lowest BCUT2D eigenvalue weighted by Gasteiger charge is -2.22. The number of halogens is 2. The van der Waals surface area contributed by atoms with Gasteiger partial charge in [-0.3, -0.25) is 0 Å². The maximum atomic E-state index is 12.1. The van der Waals surface area contributed by atoms with Crippen LogP contribution in [0.2, 0.25) is 0 Å². The lowest BCUT2D eigenvalue weighted by Crippen LogP contribution is -2.18. The number of hydrogen-bond donors (Lipinski definition) is 0. The highest BCUT2D eigenvalue weighted by molar-refractivity contribution is 5.48. The van der Waals surface area contributed by atoms with Crippen molar-refractivity contribution in [2.24, 2.45) is 0 Å². The van der Waals surface area contributed by atoms with Crippen LogP contribution in [0.15, 0.2) is 18.2 Å². The number of fused-ring (bicyclic) bond motifs is 1. The molecule has 1 nitrogen and oxygen atoms in total. The first kappa shape index (κ1) is 13.3. The van der Waals surface area contributed by atoms with Crippen LogP contribution in [0.1, 0.15) is 45.2 Å². The summed E-state index contributed by atoms with van der Waals surface area (Å²) in [4.78, 5) is 0. The van der Waals surface area contributed by atoms with Crippen LogP contribution in [0.25, 0.3) is 0 Å². The second-order valence-corrected chi connectivity index (χ2v) is 6.35. The van der Waals surface area contributed by atoms with Gasteiger partial charge in [-0.05, 0) is 40.5 Å². The Labute approximate surface area is 107 Å². The molecule has 0 bridgehead atoms. The summed E-state index contributed by atoms with van der Waals surface area (Å²) in [5.74, 6) is 0.542. The molecule has 1 aromatic carbocycles. The monoisotopic (exact) mass is 254 g/mol. The van der Waals surface area contributed by atoms with E-state index >= 15 is 0 Å². The van der Waals surface area contributed by atoms with Crippen LogP contribution in [-0.4, -0.2) is 13.0 Å². The minimum atomic E-state index is -2.43. The van der Waals surface area contributed by atoms with E-state index < -0.39 is 13.0 Å². The highest BCUT2D eigenvalue weighted by atomic mass is 19.3. The average Bonchev–Trinajstić information content (AvgIpc) is 2.42. The van der Waals surface area contributed by atoms with Gasteiger partial charge in [-0.1, -0.05) is 33.8 Å². The highest BCUT2D eigenvalue weighted by Gasteiger charge is 2.41. The Hall–Kier alpha value is -1.12. The molecule has 0 saturated carbocycles. The maximum absolute atomic E-state index is 12.1. The van der Waals surface area contributed by atoms with Crippen LogP contribution in [-0.2, 0) is 10.8 Å². The van der Waals surface area contributed by atoms with Crippen molar-refractivity contribution in [1.82, 2.24) is 0 Å². The smallest absolute Gasteiger partial charge is 0.272 e. The van der Waals surface area contributed by atoms with E-state index in [1.54, 1.807) is 6.07 Å². The molecule has 0 amide bonds. The molecule has 0 fully saturated rings. The van der Waals surface area contributed by atoms with Gasteiger partial charge >= 0.3 is 0 Å². The van der Waals surface area contributed by atoms with Gasteiger partial charge in [0.2, 0.25) is 0 Å². The summed E-state index contributed by atoms with van der Waals surface area (Å²) in [7, 11) is 0. The summed E-state index contributed by atoms with van der Waals surface area (Å²) in [5.41, 5.74) is 2.74. The topological polar surface area (TPSA) is 9.23 Å². The third kappa shape index (κ3) is 2.36. The zero-order valence-electron chi connectivity index (χ0n) is 11.4. The standard InChI is InChI=1S/C15H20F2O/c1-14(2)9-15(3,4)12-7-10(5-6-11(12)14)18-8-13(16)17/h5-7,13H,8-9H2,1-4H3. The number of alkyl halides is 2. The predicted molar refractivity (Wildman–Crippen MR) is 68.6 cm³/mol. The molecule has 0 saturated heterocycles. The number of ether oxygens (including phenoxy) is 1. The van der Waals surface area contributed by atoms with Crippen molar-refractivity contribution in [2.75, 3.05) is 6.61 Å². The van der Waals surface area contributed by atoms with Crippen molar-refractivity contribution < 1.29 is 13.5 Å². The number of rotatable bonds is 3. The maximum Gasteiger partial charge on any atom is 0.272 e. The SMILES string of the molecule is CC1(C)CC(C)(C)c2cc(OCC(F)F)ccc21. The van der Waals surface area contributed by atoms with E-state index in [-0.39, 0.29) is 10.8 Å². The van der Waals surface area contributed by atoms with Crippen LogP contribution in [0.3, 0.4) is 0 Å². The van der Waals surface area contributed by atoms with Gasteiger partial charge in [0.1, 0.15) is 12.4 Å². The molecule has 0 unspecified atom stereocenters. The van der Waals surface area contributed by atoms with E-state index in [1.807, 2.05) is 12.1 Å². The number of hydrogen-bond acceptors (Lipinski definition) is 1. The van der Waals surface area contributed by atoms with Crippen molar-refractivity contribution in [3.05, 3.63) is 29.3 Å². The first-order valence-electron chi connectivity index (χ1n) is 6.28. The second-order valence-electron chi connectivity index (χ2n) is 6.35. The van der Waals surface area contributed by atoms with Crippen molar-refractivity contribution in [2.45, 2.75) is 51.4 Å². The molecule has 0 aromatic heterocycles. The molecule has 1 aromatic rings. The average molecular weight is 254 g/mol. The van der Waals surface area contributed by atoms with Gasteiger partial charge in [0.05, 0.1) is 0 Å². The molecule has 0 radical (unpaired) electrons. The van der Waals surface area contributed by atoms with Gasteiger partial charge in [-0.15, -0.1) is 0 Å². The van der Waals surface area contributed by atoms with Gasteiger partial charge < -0.3 is 4.74 Å². The molecule has 2 rings (SSSR count). The molecular weight excluding hydrogens is 234 g/mol. The molecule has 0 aliphatic heterocycles. The summed E-state index contributed by atoms with van der Waals surface area (Å²) in [5, 5.41) is 0. The predicted octanol–water partition coefficient (Wildman–Crippen LogP) is 4.29. The van der Waals surface area contributed by atoms with Crippen molar-refractivity contribution >= 4 is 0 Å². The third-order valence-electron chi connectivity index (χ3n) is 3.71. The Morgan fingerprint density at radius 2 is 1.72 bits per heavy atom. The van der Waals surface area contributed by atoms with Gasteiger partial charge in [-0.2, -0.15) is 0 Å². The Kier molecular flexibility index (Phi) is 3.12. The lowest BCUT2D eigenvalue weighted by atomic mass is 9.82. The molecule has 0 heterocycles. The van der Waals surface area contributed by atoms with Gasteiger partial charge in [0.25, 0.3) is 6.43 Å². The molecule has 3 heteroatoms. The molecule has 100 valence electrons. The van der Waals surface area contributed by atoms with Crippen molar-refractivity contribution in [3.63, 3.8) is 0 Å². The molecule has 18 heavy (non-hydrogen) atoms. The first-order chi connectivity index (χ1) is 8.22. The van der Waals surface area contributed by atoms with Crippen LogP contribution in [0.5, 0.6) is 5.75 Å². The van der Waals surface area contributed by atoms with E-state index in [1.165, 1.54) is 11.1 Å². The molecule has 0 spiro atoms. The highest BCUT2D eigenvalue weighted by Crippen LogP contribution is 2.50. The third-order valence-corrected chi connectivity index (χ3v) is 3.71. The lowest BCUT2D eigenvalue weighted by molar-refractivity contribution is 0.0818.